The highest BCUT2D eigenvalue weighted by Gasteiger charge is 2.36. The van der Waals surface area contributed by atoms with Crippen LogP contribution in [0.4, 0.5) is 52.5 Å². The summed E-state index contributed by atoms with van der Waals surface area (Å²) >= 11 is 0. The second-order valence-electron chi connectivity index (χ2n) is 23.7. The van der Waals surface area contributed by atoms with Crippen LogP contribution in [0.1, 0.15) is 80.4 Å². The number of rotatable bonds is 26. The highest BCUT2D eigenvalue weighted by atomic mass is 35.5. The number of cyclic esters (lactones) is 2. The fourth-order valence-electron chi connectivity index (χ4n) is 12.2. The number of nitrogens with two attached hydrogens (primary N) is 1. The minimum absolute atomic E-state index is 0. The number of benzene rings is 6. The molecule has 11 rings (SSSR count). The van der Waals surface area contributed by atoms with Crippen LogP contribution in [-0.2, 0) is 43.0 Å². The van der Waals surface area contributed by atoms with Crippen molar-refractivity contribution in [3.63, 3.8) is 0 Å². The molecule has 4 aliphatic heterocycles. The number of amides is 5. The van der Waals surface area contributed by atoms with Crippen LogP contribution < -0.4 is 52.4 Å². The molecule has 6 aromatic rings. The van der Waals surface area contributed by atoms with Gasteiger partial charge in [0, 0.05) is 96.0 Å². The van der Waals surface area contributed by atoms with E-state index in [4.69, 9.17) is 19.9 Å². The van der Waals surface area contributed by atoms with Gasteiger partial charge in [-0.05, 0) is 107 Å². The summed E-state index contributed by atoms with van der Waals surface area (Å²) in [5.41, 5.74) is 25.2. The largest absolute Gasteiger partial charge is 0.459 e. The number of aliphatic hydroxyl groups excluding tert-OH is 2. The number of hydrazine groups is 2. The van der Waals surface area contributed by atoms with Crippen molar-refractivity contribution in [2.24, 2.45) is 5.73 Å². The smallest absolute Gasteiger partial charge is 0.414 e. The van der Waals surface area contributed by atoms with E-state index in [2.05, 4.69) is 27.0 Å². The Balaban J connectivity index is 0.000000256. The normalized spacial score (nSPS) is 17.0. The summed E-state index contributed by atoms with van der Waals surface area (Å²) in [6.45, 7) is 5.46. The van der Waals surface area contributed by atoms with Crippen molar-refractivity contribution < 1.29 is 71.6 Å². The van der Waals surface area contributed by atoms with E-state index in [1.807, 2.05) is 58.3 Å². The second-order valence-corrected chi connectivity index (χ2v) is 23.7. The number of piperazine rings is 2. The van der Waals surface area contributed by atoms with Crippen LogP contribution >= 0.6 is 12.4 Å². The maximum atomic E-state index is 15.1. The van der Waals surface area contributed by atoms with Gasteiger partial charge in [-0.2, -0.15) is 0 Å². The zero-order valence-electron chi connectivity index (χ0n) is 53.4. The molecule has 0 bridgehead atoms. The van der Waals surface area contributed by atoms with Crippen LogP contribution in [0.3, 0.4) is 0 Å². The highest BCUT2D eigenvalue weighted by Crippen LogP contribution is 2.44. The molecule has 2 unspecified atom stereocenters. The lowest BCUT2D eigenvalue weighted by Crippen LogP contribution is -2.49. The molecule has 98 heavy (non-hydrogen) atoms. The molecule has 0 spiro atoms. The third kappa shape index (κ3) is 18.7. The van der Waals surface area contributed by atoms with Crippen molar-refractivity contribution in [3.05, 3.63) is 167 Å². The van der Waals surface area contributed by atoms with E-state index >= 15 is 8.78 Å². The van der Waals surface area contributed by atoms with Gasteiger partial charge in [0.1, 0.15) is 36.7 Å². The van der Waals surface area contributed by atoms with E-state index in [9.17, 15) is 48.6 Å². The Morgan fingerprint density at radius 1 is 0.633 bits per heavy atom. The van der Waals surface area contributed by atoms with Gasteiger partial charge in [0.15, 0.2) is 0 Å². The molecule has 28 heteroatoms. The number of aliphatic hydroxyl groups is 2. The van der Waals surface area contributed by atoms with Crippen molar-refractivity contribution in [2.45, 2.75) is 70.4 Å². The zero-order chi connectivity index (χ0) is 67.8. The third-order valence-corrected chi connectivity index (χ3v) is 17.3. The van der Waals surface area contributed by atoms with Crippen molar-refractivity contribution in [1.82, 2.24) is 26.0 Å². The van der Waals surface area contributed by atoms with Gasteiger partial charge in [0.25, 0.3) is 5.78 Å². The number of nitrogens with zero attached hydrogens (tertiary/aromatic N) is 6. The van der Waals surface area contributed by atoms with E-state index in [1.165, 1.54) is 28.9 Å². The molecule has 0 aromatic heterocycles. The van der Waals surface area contributed by atoms with E-state index in [0.717, 1.165) is 28.5 Å². The summed E-state index contributed by atoms with van der Waals surface area (Å²) in [5.74, 6) is -3.20. The molecule has 1 aliphatic carbocycles. The Morgan fingerprint density at radius 3 is 1.56 bits per heavy atom. The SMILES string of the molecule is C.CC(=O)NC[C@H]1CN(c2ccc(N3CCN(C(=O)CCC(O)c4cccc(NNCC=O)c4)CC3)c(F)c2)C(=O)O1.Cl.NC[C@H]1CN(c2ccc(N3CCN(C(=O)CCC(O)c4cccc(NNCC(=O)C(=O)OCC5c6ccccc6-c6ccccc65)c4)CC3)c(F)c2)C(=O)O1. The van der Waals surface area contributed by atoms with Crippen LogP contribution in [0.15, 0.2) is 133 Å². The molecule has 522 valence electrons. The topological polar surface area (TPSA) is 310 Å². The van der Waals surface area contributed by atoms with Crippen LogP contribution in [0, 0.1) is 11.6 Å². The minimum atomic E-state index is -0.929. The fraction of sp³-hybridized carbons (Fsp3) is 0.371. The number of hydrogen-bond donors (Lipinski definition) is 8. The lowest BCUT2D eigenvalue weighted by atomic mass is 9.98. The molecular weight excluding hydrogens is 1290 g/mol. The molecule has 5 amide bonds. The molecule has 4 fully saturated rings. The number of ketones is 1. The van der Waals surface area contributed by atoms with Gasteiger partial charge in [0.05, 0.1) is 67.7 Å². The monoisotopic (exact) mass is 1370 g/mol. The Kier molecular flexibility index (Phi) is 26.4. The molecule has 9 N–H and O–H groups in total. The van der Waals surface area contributed by atoms with Crippen LogP contribution in [0.5, 0.6) is 0 Å². The van der Waals surface area contributed by atoms with Crippen LogP contribution in [0.2, 0.25) is 0 Å². The molecule has 6 aromatic carbocycles. The first-order chi connectivity index (χ1) is 46.4. The number of carbonyl (C=O) groups excluding carboxylic acids is 8. The molecule has 0 saturated carbocycles. The number of esters is 1. The van der Waals surface area contributed by atoms with Gasteiger partial charge in [-0.1, -0.05) is 80.2 Å². The third-order valence-electron chi connectivity index (χ3n) is 17.3. The molecule has 5 aliphatic rings. The molecular formula is C70H83ClF2N12O13. The van der Waals surface area contributed by atoms with Crippen molar-refractivity contribution in [2.75, 3.05) is 129 Å². The van der Waals surface area contributed by atoms with Gasteiger partial charge in [0.2, 0.25) is 17.7 Å². The first-order valence-corrected chi connectivity index (χ1v) is 31.9. The van der Waals surface area contributed by atoms with Crippen LogP contribution in [0.25, 0.3) is 11.1 Å². The van der Waals surface area contributed by atoms with Gasteiger partial charge in [-0.25, -0.2) is 34.0 Å². The standard InChI is InChI=1S/C41H43FN6O7.C28H35FN6O6.CH4.ClH/c42-35-21-28(48-24-29(22-43)55-41(48)53)12-13-36(35)46-16-18-47(19-17-46)39(51)15-14-37(49)26-6-5-7-27(20-26)45-44-23-38(50)40(52)54-25-34-32-10-3-1-8-30(32)31-9-2-4-11-33(31)34;1-19(37)30-17-23-18-35(28(40)41-23)22-5-6-25(24(29)16-22)33-10-12-34(13-11-33)27(39)8-7-26(38)20-3-2-4-21(15-20)32-31-9-14-36;;/h1-13,20-21,29,34,37,44-45,49H,14-19,22-25,43H2;2-6,14-16,23,26,31-32,38H,7-13,17-18H2,1H3,(H,30,37);1H4;1H/t29-,37?;23-,26?;;/m00../s1. The number of anilines is 6. The zero-order valence-corrected chi connectivity index (χ0v) is 54.2. The number of carbonyl (C=O) groups is 8. The van der Waals surface area contributed by atoms with E-state index < -0.39 is 60.0 Å². The number of aldehydes is 1. The molecule has 4 heterocycles. The van der Waals surface area contributed by atoms with E-state index in [-0.39, 0.29) is 115 Å². The van der Waals surface area contributed by atoms with Crippen molar-refractivity contribution in [3.8, 4) is 11.1 Å². The second kappa shape index (κ2) is 34.9. The van der Waals surface area contributed by atoms with Gasteiger partial charge in [-0.15, -0.1) is 12.4 Å². The summed E-state index contributed by atoms with van der Waals surface area (Å²) in [6, 6.07) is 39.1. The summed E-state index contributed by atoms with van der Waals surface area (Å²) < 4.78 is 46.1. The molecule has 4 atom stereocenters. The number of halogens is 3. The summed E-state index contributed by atoms with van der Waals surface area (Å²) in [5, 5.41) is 24.1. The Hall–Kier alpha value is -9.77. The molecule has 4 saturated heterocycles. The summed E-state index contributed by atoms with van der Waals surface area (Å²) in [7, 11) is 0. The maximum Gasteiger partial charge on any atom is 0.414 e. The number of Topliss-reactive ketones (excluding diaryl/α,β-unsaturated/α-hetero) is 1. The van der Waals surface area contributed by atoms with E-state index in [1.54, 1.807) is 82.6 Å². The Morgan fingerprint density at radius 2 is 1.10 bits per heavy atom. The van der Waals surface area contributed by atoms with Gasteiger partial charge < -0.3 is 70.7 Å². The highest BCUT2D eigenvalue weighted by molar-refractivity contribution is 6.34. The average molecular weight is 1370 g/mol. The lowest BCUT2D eigenvalue weighted by Gasteiger charge is -2.36. The summed E-state index contributed by atoms with van der Waals surface area (Å²) in [4.78, 5) is 107. The quantitative estimate of drug-likeness (QED) is 0.00696. The number of nitrogens with one attached hydrogen (secondary N) is 5. The first kappa shape index (κ1) is 74.0. The van der Waals surface area contributed by atoms with E-state index in [0.29, 0.717) is 97.6 Å². The number of ether oxygens (including phenoxy) is 3. The maximum absolute atomic E-state index is 15.1. The van der Waals surface area contributed by atoms with Crippen molar-refractivity contribution >= 4 is 94.5 Å². The van der Waals surface area contributed by atoms with Gasteiger partial charge in [-0.3, -0.25) is 29.0 Å². The Labute approximate surface area is 572 Å². The first-order valence-electron chi connectivity index (χ1n) is 31.9. The average Bonchev–Trinajstić information content (AvgIpc) is 1.60. The van der Waals surface area contributed by atoms with Crippen LogP contribution in [-0.4, -0.2) is 178 Å². The fourth-order valence-corrected chi connectivity index (χ4v) is 12.2. The predicted molar refractivity (Wildman–Crippen MR) is 368 cm³/mol. The van der Waals surface area contributed by atoms with Crippen molar-refractivity contribution in [1.29, 1.82) is 0 Å². The number of fused-ring (bicyclic) bond motifs is 3. The predicted octanol–water partition coefficient (Wildman–Crippen LogP) is 6.74. The summed E-state index contributed by atoms with van der Waals surface area (Å²) in [6.07, 6.45) is -2.39. The number of hydrogen-bond acceptors (Lipinski definition) is 20. The Bertz CT molecular complexity index is 3760. The van der Waals surface area contributed by atoms with Gasteiger partial charge >= 0.3 is 18.2 Å². The lowest BCUT2D eigenvalue weighted by molar-refractivity contribution is -0.153. The molecule has 0 radical (unpaired) electrons. The minimum Gasteiger partial charge on any atom is -0.459 e. The molecule has 25 nitrogen and oxygen atoms in total.